The summed E-state index contributed by atoms with van der Waals surface area (Å²) in [5.74, 6) is 1.33. The van der Waals surface area contributed by atoms with E-state index in [0.29, 0.717) is 29.3 Å². The lowest BCUT2D eigenvalue weighted by Crippen LogP contribution is -2.35. The van der Waals surface area contributed by atoms with E-state index < -0.39 is 0 Å². The van der Waals surface area contributed by atoms with Gasteiger partial charge in [0.15, 0.2) is 11.5 Å². The maximum absolute atomic E-state index is 13.3. The zero-order valence-electron chi connectivity index (χ0n) is 19.1. The van der Waals surface area contributed by atoms with E-state index in [-0.39, 0.29) is 24.9 Å². The molecule has 34 heavy (non-hydrogen) atoms. The van der Waals surface area contributed by atoms with Gasteiger partial charge in [0.2, 0.25) is 6.79 Å². The first-order valence-electron chi connectivity index (χ1n) is 11.1. The predicted molar refractivity (Wildman–Crippen MR) is 131 cm³/mol. The summed E-state index contributed by atoms with van der Waals surface area (Å²) in [7, 11) is 0. The lowest BCUT2D eigenvalue weighted by molar-refractivity contribution is 0.174. The monoisotopic (exact) mass is 455 g/mol. The lowest BCUT2D eigenvalue weighted by Gasteiger charge is -2.23. The number of hydrogen-bond donors (Lipinski definition) is 2. The number of carbonyl (C=O) groups is 1. The Kier molecular flexibility index (Phi) is 5.67. The summed E-state index contributed by atoms with van der Waals surface area (Å²) in [4.78, 5) is 30.8. The number of ether oxygens (including phenoxy) is 2. The number of aromatic amines is 1. The lowest BCUT2D eigenvalue weighted by atomic mass is 10.0. The number of aryl methyl sites for hydroxylation is 2. The van der Waals surface area contributed by atoms with E-state index in [0.717, 1.165) is 27.6 Å². The fourth-order valence-corrected chi connectivity index (χ4v) is 4.24. The molecule has 1 aromatic heterocycles. The molecular formula is C27H25N3O4. The van der Waals surface area contributed by atoms with Crippen molar-refractivity contribution in [3.63, 3.8) is 0 Å². The first-order chi connectivity index (χ1) is 16.5. The van der Waals surface area contributed by atoms with Gasteiger partial charge in [0.25, 0.3) is 5.56 Å². The molecule has 172 valence electrons. The molecule has 0 fully saturated rings. The quantitative estimate of drug-likeness (QED) is 0.438. The van der Waals surface area contributed by atoms with E-state index in [1.165, 1.54) is 0 Å². The van der Waals surface area contributed by atoms with Crippen LogP contribution in [0.25, 0.3) is 10.9 Å². The molecule has 1 aliphatic rings. The van der Waals surface area contributed by atoms with Gasteiger partial charge in [0.1, 0.15) is 0 Å². The number of pyridine rings is 1. The average Bonchev–Trinajstić information content (AvgIpc) is 3.28. The van der Waals surface area contributed by atoms with Crippen molar-refractivity contribution in [2.45, 2.75) is 26.9 Å². The average molecular weight is 456 g/mol. The third kappa shape index (κ3) is 4.45. The molecule has 2 heterocycles. The van der Waals surface area contributed by atoms with Crippen LogP contribution in [0, 0.1) is 13.8 Å². The Morgan fingerprint density at radius 3 is 2.59 bits per heavy atom. The van der Waals surface area contributed by atoms with Crippen LogP contribution in [0.5, 0.6) is 11.5 Å². The van der Waals surface area contributed by atoms with E-state index in [1.807, 2.05) is 80.6 Å². The van der Waals surface area contributed by atoms with Crippen LogP contribution in [-0.4, -0.2) is 22.7 Å². The number of rotatable bonds is 5. The number of nitrogens with zero attached hydrogens (tertiary/aromatic N) is 1. The Balaban J connectivity index is 1.48. The van der Waals surface area contributed by atoms with Crippen molar-refractivity contribution in [1.82, 2.24) is 9.88 Å². The van der Waals surface area contributed by atoms with Crippen molar-refractivity contribution < 1.29 is 14.3 Å². The number of urea groups is 1. The van der Waals surface area contributed by atoms with Crippen LogP contribution >= 0.6 is 0 Å². The highest BCUT2D eigenvalue weighted by molar-refractivity contribution is 5.89. The Bertz CT molecular complexity index is 1430. The first kappa shape index (κ1) is 21.6. The molecule has 0 saturated carbocycles. The number of carbonyl (C=O) groups excluding carboxylic acids is 1. The second-order valence-electron chi connectivity index (χ2n) is 8.51. The van der Waals surface area contributed by atoms with Crippen LogP contribution in [0.2, 0.25) is 0 Å². The molecule has 0 spiro atoms. The summed E-state index contributed by atoms with van der Waals surface area (Å²) in [5.41, 5.74) is 4.80. The number of H-pyrrole nitrogens is 1. The predicted octanol–water partition coefficient (Wildman–Crippen LogP) is 5.11. The summed E-state index contributed by atoms with van der Waals surface area (Å²) >= 11 is 0. The number of amides is 2. The Hall–Kier alpha value is -4.26. The van der Waals surface area contributed by atoms with E-state index in [9.17, 15) is 9.59 Å². The second kappa shape index (κ2) is 8.94. The normalized spacial score (nSPS) is 12.1. The third-order valence-electron chi connectivity index (χ3n) is 5.85. The molecular weight excluding hydrogens is 430 g/mol. The third-order valence-corrected chi connectivity index (χ3v) is 5.85. The summed E-state index contributed by atoms with van der Waals surface area (Å²) in [5, 5.41) is 3.87. The maximum atomic E-state index is 13.3. The summed E-state index contributed by atoms with van der Waals surface area (Å²) in [6.07, 6.45) is 0. The minimum Gasteiger partial charge on any atom is -0.454 e. The van der Waals surface area contributed by atoms with Crippen molar-refractivity contribution >= 4 is 22.6 Å². The molecule has 7 nitrogen and oxygen atoms in total. The zero-order valence-corrected chi connectivity index (χ0v) is 19.1. The van der Waals surface area contributed by atoms with Gasteiger partial charge in [-0.3, -0.25) is 4.79 Å². The van der Waals surface area contributed by atoms with Crippen LogP contribution < -0.4 is 20.3 Å². The minimum absolute atomic E-state index is 0.144. The van der Waals surface area contributed by atoms with E-state index in [1.54, 1.807) is 4.90 Å². The van der Waals surface area contributed by atoms with Gasteiger partial charge in [-0.2, -0.15) is 0 Å². The van der Waals surface area contributed by atoms with Gasteiger partial charge in [-0.1, -0.05) is 35.9 Å². The molecule has 0 saturated heterocycles. The summed E-state index contributed by atoms with van der Waals surface area (Å²) in [6.45, 7) is 4.62. The van der Waals surface area contributed by atoms with Gasteiger partial charge in [0.05, 0.1) is 12.1 Å². The van der Waals surface area contributed by atoms with Gasteiger partial charge in [-0.15, -0.1) is 0 Å². The van der Waals surface area contributed by atoms with E-state index in [2.05, 4.69) is 10.3 Å². The van der Waals surface area contributed by atoms with Gasteiger partial charge in [-0.25, -0.2) is 4.79 Å². The molecule has 2 N–H and O–H groups in total. The number of para-hydroxylation sites is 1. The second-order valence-corrected chi connectivity index (χ2v) is 8.51. The Labute approximate surface area is 196 Å². The number of benzene rings is 3. The molecule has 0 bridgehead atoms. The van der Waals surface area contributed by atoms with Crippen LogP contribution in [0.15, 0.2) is 71.5 Å². The smallest absolute Gasteiger partial charge is 0.322 e. The van der Waals surface area contributed by atoms with Crippen LogP contribution in [-0.2, 0) is 13.1 Å². The van der Waals surface area contributed by atoms with Gasteiger partial charge < -0.3 is 24.7 Å². The zero-order chi connectivity index (χ0) is 23.7. The van der Waals surface area contributed by atoms with Gasteiger partial charge >= 0.3 is 6.03 Å². The van der Waals surface area contributed by atoms with Crippen LogP contribution in [0.1, 0.15) is 22.3 Å². The van der Waals surface area contributed by atoms with E-state index in [4.69, 9.17) is 9.47 Å². The Morgan fingerprint density at radius 1 is 0.971 bits per heavy atom. The largest absolute Gasteiger partial charge is 0.454 e. The fraction of sp³-hybridized carbons (Fsp3) is 0.185. The summed E-state index contributed by atoms with van der Waals surface area (Å²) < 4.78 is 10.9. The molecule has 0 atom stereocenters. The molecule has 2 amide bonds. The number of aromatic nitrogens is 1. The van der Waals surface area contributed by atoms with Crippen molar-refractivity contribution in [2.75, 3.05) is 12.1 Å². The van der Waals surface area contributed by atoms with Crippen molar-refractivity contribution in [1.29, 1.82) is 0 Å². The van der Waals surface area contributed by atoms with Gasteiger partial charge in [0, 0.05) is 17.8 Å². The first-order valence-corrected chi connectivity index (χ1v) is 11.1. The maximum Gasteiger partial charge on any atom is 0.322 e. The van der Waals surface area contributed by atoms with Gasteiger partial charge in [-0.05, 0) is 66.8 Å². The topological polar surface area (TPSA) is 83.7 Å². The van der Waals surface area contributed by atoms with Crippen molar-refractivity contribution in [3.8, 4) is 11.5 Å². The summed E-state index contributed by atoms with van der Waals surface area (Å²) in [6, 6.07) is 20.5. The van der Waals surface area contributed by atoms with Crippen LogP contribution in [0.3, 0.4) is 0 Å². The Morgan fingerprint density at radius 2 is 1.76 bits per heavy atom. The van der Waals surface area contributed by atoms with Crippen LogP contribution in [0.4, 0.5) is 10.5 Å². The number of nitrogens with one attached hydrogen (secondary N) is 2. The number of hydrogen-bond acceptors (Lipinski definition) is 4. The molecule has 5 rings (SSSR count). The van der Waals surface area contributed by atoms with Crippen molar-refractivity contribution in [2.24, 2.45) is 0 Å². The molecule has 0 radical (unpaired) electrons. The fourth-order valence-electron chi connectivity index (χ4n) is 4.24. The molecule has 0 aliphatic carbocycles. The SMILES string of the molecule is Cc1cc(C)c2[nH]c(=O)c(CN(Cc3ccc4c(c3)OCO4)C(=O)Nc3ccccc3)cc2c1. The minimum atomic E-state index is -0.302. The standard InChI is InChI=1S/C27H25N3O4/c1-17-10-18(2)25-20(11-17)13-21(26(31)29-25)15-30(27(32)28-22-6-4-3-5-7-22)14-19-8-9-23-24(12-19)34-16-33-23/h3-13H,14-16H2,1-2H3,(H,28,32)(H,29,31). The van der Waals surface area contributed by atoms with E-state index >= 15 is 0 Å². The van der Waals surface area contributed by atoms with Crippen molar-refractivity contribution in [3.05, 3.63) is 99.3 Å². The number of anilines is 1. The molecule has 4 aromatic rings. The number of fused-ring (bicyclic) bond motifs is 2. The highest BCUT2D eigenvalue weighted by Gasteiger charge is 2.20. The molecule has 3 aromatic carbocycles. The molecule has 0 unspecified atom stereocenters. The molecule has 1 aliphatic heterocycles. The highest BCUT2D eigenvalue weighted by atomic mass is 16.7. The molecule has 7 heteroatoms. The highest BCUT2D eigenvalue weighted by Crippen LogP contribution is 2.33.